The Morgan fingerprint density at radius 1 is 1.30 bits per heavy atom. The molecule has 0 atom stereocenters. The molecule has 0 fully saturated rings. The maximum Gasteiger partial charge on any atom is 0.328 e. The van der Waals surface area contributed by atoms with Crippen LogP contribution in [0.2, 0.25) is 0 Å². The molecule has 20 heavy (non-hydrogen) atoms. The number of carboxylic acid groups (broad SMARTS) is 1. The smallest absolute Gasteiger partial charge is 0.328 e. The summed E-state index contributed by atoms with van der Waals surface area (Å²) in [5.41, 5.74) is 0.926. The van der Waals surface area contributed by atoms with E-state index in [2.05, 4.69) is 4.99 Å². The summed E-state index contributed by atoms with van der Waals surface area (Å²) in [5, 5.41) is 17.8. The van der Waals surface area contributed by atoms with Gasteiger partial charge in [-0.25, -0.2) is 9.79 Å². The van der Waals surface area contributed by atoms with Crippen molar-refractivity contribution in [3.8, 4) is 5.75 Å². The average molecular weight is 272 g/mol. The molecule has 1 aliphatic rings. The molecule has 1 aromatic rings. The van der Waals surface area contributed by atoms with Crippen LogP contribution in [0.5, 0.6) is 5.75 Å². The topological polar surface area (TPSA) is 90.2 Å². The lowest BCUT2D eigenvalue weighted by molar-refractivity contribution is -0.131. The predicted molar refractivity (Wildman–Crippen MR) is 73.1 cm³/mol. The zero-order chi connectivity index (χ0) is 14.7. The van der Waals surface area contributed by atoms with Crippen molar-refractivity contribution in [2.24, 2.45) is 4.99 Å². The van der Waals surface area contributed by atoms with E-state index in [0.717, 1.165) is 6.08 Å². The highest BCUT2D eigenvalue weighted by molar-refractivity contribution is 6.18. The van der Waals surface area contributed by atoms with Crippen LogP contribution in [-0.2, 0) is 9.59 Å². The number of aromatic hydroxyl groups is 1. The number of benzene rings is 1. The van der Waals surface area contributed by atoms with Crippen molar-refractivity contribution in [2.45, 2.75) is 0 Å². The maximum atomic E-state index is 11.9. The van der Waals surface area contributed by atoms with Crippen molar-refractivity contribution in [2.75, 3.05) is 7.05 Å². The van der Waals surface area contributed by atoms with Crippen LogP contribution in [0.25, 0.3) is 6.08 Å². The molecule has 2 N–H and O–H groups in total. The minimum absolute atomic E-state index is 0.135. The van der Waals surface area contributed by atoms with Gasteiger partial charge in [-0.05, 0) is 29.8 Å². The highest BCUT2D eigenvalue weighted by Crippen LogP contribution is 2.19. The van der Waals surface area contributed by atoms with Gasteiger partial charge >= 0.3 is 5.97 Å². The molecular weight excluding hydrogens is 260 g/mol. The Bertz CT molecular complexity index is 642. The van der Waals surface area contributed by atoms with E-state index in [1.54, 1.807) is 18.2 Å². The third-order valence-electron chi connectivity index (χ3n) is 2.67. The first kappa shape index (κ1) is 13.5. The number of carboxylic acids is 1. The molecule has 0 saturated carbocycles. The maximum absolute atomic E-state index is 11.9. The van der Waals surface area contributed by atoms with E-state index in [1.807, 2.05) is 0 Å². The minimum atomic E-state index is -1.11. The number of amides is 1. The van der Waals surface area contributed by atoms with Gasteiger partial charge in [0.15, 0.2) is 0 Å². The van der Waals surface area contributed by atoms with Crippen molar-refractivity contribution in [3.63, 3.8) is 0 Å². The fourth-order valence-electron chi connectivity index (χ4n) is 1.64. The molecule has 0 unspecified atom stereocenters. The Balaban J connectivity index is 2.30. The Hall–Kier alpha value is -2.89. The summed E-state index contributed by atoms with van der Waals surface area (Å²) in [5.74, 6) is -1.02. The van der Waals surface area contributed by atoms with Crippen molar-refractivity contribution >= 4 is 23.8 Å². The Morgan fingerprint density at radius 3 is 2.55 bits per heavy atom. The lowest BCUT2D eigenvalue weighted by atomic mass is 10.2. The minimum Gasteiger partial charge on any atom is -0.508 e. The number of nitrogens with zero attached hydrogens (tertiary/aromatic N) is 2. The number of amidine groups is 1. The molecule has 2 rings (SSSR count). The average Bonchev–Trinajstić information content (AvgIpc) is 2.67. The number of aliphatic imine (C=N–C) groups is 1. The Morgan fingerprint density at radius 2 is 1.95 bits per heavy atom. The summed E-state index contributed by atoms with van der Waals surface area (Å²) in [7, 11) is 1.52. The molecule has 1 amide bonds. The number of carbonyl (C=O) groups is 2. The number of phenolic OH excluding ortho intramolecular Hbond substituents is 1. The number of phenols is 1. The van der Waals surface area contributed by atoms with Gasteiger partial charge in [0.25, 0.3) is 5.91 Å². The summed E-state index contributed by atoms with van der Waals surface area (Å²) in [6.45, 7) is 0. The zero-order valence-electron chi connectivity index (χ0n) is 10.6. The molecule has 0 aromatic heterocycles. The van der Waals surface area contributed by atoms with Crippen LogP contribution in [-0.4, -0.2) is 39.9 Å². The quantitative estimate of drug-likeness (QED) is 0.810. The van der Waals surface area contributed by atoms with Crippen molar-refractivity contribution in [3.05, 3.63) is 47.7 Å². The van der Waals surface area contributed by atoms with E-state index in [4.69, 9.17) is 5.11 Å². The third-order valence-corrected chi connectivity index (χ3v) is 2.67. The standard InChI is InChI=1S/C14H12N2O4/c1-16-12(6-7-13(18)19)15-11(14(16)20)8-9-2-4-10(17)5-3-9/h2-8,17H,1H3,(H,18,19). The molecule has 6 nitrogen and oxygen atoms in total. The normalized spacial score (nSPS) is 17.1. The van der Waals surface area contributed by atoms with E-state index in [1.165, 1.54) is 30.2 Å². The SMILES string of the molecule is CN1C(=O)C(=Cc2ccc(O)cc2)N=C1C=CC(=O)O. The number of likely N-dealkylation sites (N-methyl/N-ethyl adjacent to an activating group) is 1. The van der Waals surface area contributed by atoms with Crippen molar-refractivity contribution < 1.29 is 19.8 Å². The molecule has 1 aromatic carbocycles. The zero-order valence-corrected chi connectivity index (χ0v) is 10.6. The molecule has 0 aliphatic carbocycles. The van der Waals surface area contributed by atoms with Crippen LogP contribution in [0.4, 0.5) is 0 Å². The highest BCUT2D eigenvalue weighted by Gasteiger charge is 2.25. The first-order chi connectivity index (χ1) is 9.47. The molecular formula is C14H12N2O4. The van der Waals surface area contributed by atoms with Gasteiger partial charge in [0, 0.05) is 13.1 Å². The number of carbonyl (C=O) groups excluding carboxylic acids is 1. The van der Waals surface area contributed by atoms with Gasteiger partial charge < -0.3 is 10.2 Å². The first-order valence-electron chi connectivity index (χ1n) is 5.76. The largest absolute Gasteiger partial charge is 0.508 e. The molecule has 0 saturated heterocycles. The number of aliphatic carboxylic acids is 1. The second-order valence-corrected chi connectivity index (χ2v) is 4.13. The number of rotatable bonds is 3. The van der Waals surface area contributed by atoms with Gasteiger partial charge in [0.1, 0.15) is 17.3 Å². The molecule has 0 radical (unpaired) electrons. The fraction of sp³-hybridized carbons (Fsp3) is 0.0714. The Labute approximate surface area is 115 Å². The second kappa shape index (κ2) is 5.40. The summed E-state index contributed by atoms with van der Waals surface area (Å²) in [4.78, 5) is 27.8. The summed E-state index contributed by atoms with van der Waals surface area (Å²) < 4.78 is 0. The van der Waals surface area contributed by atoms with Gasteiger partial charge in [-0.15, -0.1) is 0 Å². The van der Waals surface area contributed by atoms with Gasteiger partial charge in [0.2, 0.25) is 0 Å². The summed E-state index contributed by atoms with van der Waals surface area (Å²) >= 11 is 0. The third kappa shape index (κ3) is 2.92. The van der Waals surface area contributed by atoms with Crippen LogP contribution in [0.15, 0.2) is 47.1 Å². The highest BCUT2D eigenvalue weighted by atomic mass is 16.4. The van der Waals surface area contributed by atoms with E-state index in [-0.39, 0.29) is 23.2 Å². The number of hydrogen-bond donors (Lipinski definition) is 2. The van der Waals surface area contributed by atoms with Crippen LogP contribution in [0.3, 0.4) is 0 Å². The molecule has 6 heteroatoms. The van der Waals surface area contributed by atoms with Crippen LogP contribution >= 0.6 is 0 Å². The van der Waals surface area contributed by atoms with E-state index >= 15 is 0 Å². The molecule has 1 aliphatic heterocycles. The summed E-state index contributed by atoms with van der Waals surface area (Å²) in [6.07, 6.45) is 3.75. The van der Waals surface area contributed by atoms with Gasteiger partial charge in [-0.3, -0.25) is 9.69 Å². The summed E-state index contributed by atoms with van der Waals surface area (Å²) in [6, 6.07) is 6.31. The van der Waals surface area contributed by atoms with Gasteiger partial charge in [0.05, 0.1) is 0 Å². The van der Waals surface area contributed by atoms with Gasteiger partial charge in [-0.2, -0.15) is 0 Å². The van der Waals surface area contributed by atoms with Crippen LogP contribution in [0.1, 0.15) is 5.56 Å². The molecule has 1 heterocycles. The lowest BCUT2D eigenvalue weighted by Crippen LogP contribution is -2.26. The van der Waals surface area contributed by atoms with Crippen LogP contribution < -0.4 is 0 Å². The Kier molecular flexibility index (Phi) is 3.65. The fourth-order valence-corrected chi connectivity index (χ4v) is 1.64. The van der Waals surface area contributed by atoms with E-state index in [9.17, 15) is 14.7 Å². The lowest BCUT2D eigenvalue weighted by Gasteiger charge is -2.06. The molecule has 0 spiro atoms. The van der Waals surface area contributed by atoms with Crippen LogP contribution in [0, 0.1) is 0 Å². The molecule has 0 bridgehead atoms. The van der Waals surface area contributed by atoms with Gasteiger partial charge in [-0.1, -0.05) is 12.1 Å². The van der Waals surface area contributed by atoms with Crippen molar-refractivity contribution in [1.82, 2.24) is 4.90 Å². The monoisotopic (exact) mass is 272 g/mol. The molecule has 102 valence electrons. The predicted octanol–water partition coefficient (Wildman–Crippen LogP) is 1.24. The second-order valence-electron chi connectivity index (χ2n) is 4.13. The van der Waals surface area contributed by atoms with E-state index < -0.39 is 5.97 Å². The van der Waals surface area contributed by atoms with E-state index in [0.29, 0.717) is 5.56 Å². The first-order valence-corrected chi connectivity index (χ1v) is 5.76. The number of hydrogen-bond acceptors (Lipinski definition) is 4. The van der Waals surface area contributed by atoms with Crippen molar-refractivity contribution in [1.29, 1.82) is 0 Å².